The van der Waals surface area contributed by atoms with Crippen molar-refractivity contribution in [2.45, 2.75) is 13.3 Å². The number of carbonyl (C=O) groups is 1. The lowest BCUT2D eigenvalue weighted by Gasteiger charge is -2.14. The molecule has 0 aliphatic rings. The van der Waals surface area contributed by atoms with Crippen LogP contribution in [-0.2, 0) is 4.79 Å². The second-order valence-corrected chi connectivity index (χ2v) is 4.54. The van der Waals surface area contributed by atoms with Crippen LogP contribution in [0, 0.1) is 5.92 Å². The number of nitrogens with one attached hydrogen (secondary N) is 1. The Bertz CT molecular complexity index is 377. The molecule has 0 bridgehead atoms. The predicted molar refractivity (Wildman–Crippen MR) is 72.2 cm³/mol. The molecule has 0 aliphatic heterocycles. The molecule has 1 aromatic carbocycles. The average Bonchev–Trinajstić information content (AvgIpc) is 2.28. The first-order valence-corrected chi connectivity index (χ1v) is 5.80. The van der Waals surface area contributed by atoms with Gasteiger partial charge in [0.2, 0.25) is 5.91 Å². The number of nitrogens with two attached hydrogens (primary N) is 1. The van der Waals surface area contributed by atoms with Crippen LogP contribution in [0.3, 0.4) is 0 Å². The van der Waals surface area contributed by atoms with Gasteiger partial charge in [0.25, 0.3) is 0 Å². The van der Waals surface area contributed by atoms with Crippen molar-refractivity contribution in [2.75, 3.05) is 30.9 Å². The van der Waals surface area contributed by atoms with Crippen molar-refractivity contribution in [1.29, 1.82) is 0 Å². The standard InChI is InChI=1S/C13H21N3O/c1-10(9-14)7-13(17)15-11-5-4-6-12(8-11)16(2)3/h4-6,8,10H,7,9,14H2,1-3H3,(H,15,17). The number of nitrogens with zero attached hydrogens (tertiary/aromatic N) is 1. The summed E-state index contributed by atoms with van der Waals surface area (Å²) < 4.78 is 0. The fraction of sp³-hybridized carbons (Fsp3) is 0.462. The van der Waals surface area contributed by atoms with Crippen molar-refractivity contribution in [3.8, 4) is 0 Å². The highest BCUT2D eigenvalue weighted by Gasteiger charge is 2.08. The van der Waals surface area contributed by atoms with Crippen LogP contribution in [0.1, 0.15) is 13.3 Å². The fourth-order valence-electron chi connectivity index (χ4n) is 1.47. The maximum Gasteiger partial charge on any atom is 0.224 e. The molecule has 1 unspecified atom stereocenters. The summed E-state index contributed by atoms with van der Waals surface area (Å²) in [6.45, 7) is 2.50. The van der Waals surface area contributed by atoms with E-state index in [1.807, 2.05) is 50.2 Å². The monoisotopic (exact) mass is 235 g/mol. The van der Waals surface area contributed by atoms with Gasteiger partial charge in [0.15, 0.2) is 0 Å². The second kappa shape index (κ2) is 6.25. The molecule has 94 valence electrons. The molecule has 0 heterocycles. The summed E-state index contributed by atoms with van der Waals surface area (Å²) in [5.74, 6) is 0.228. The maximum absolute atomic E-state index is 11.7. The molecule has 1 amide bonds. The number of rotatable bonds is 5. The van der Waals surface area contributed by atoms with Crippen LogP contribution in [0.25, 0.3) is 0 Å². The molecule has 0 aliphatic carbocycles. The van der Waals surface area contributed by atoms with E-state index >= 15 is 0 Å². The smallest absolute Gasteiger partial charge is 0.224 e. The van der Waals surface area contributed by atoms with Crippen molar-refractivity contribution in [3.05, 3.63) is 24.3 Å². The molecule has 0 spiro atoms. The SMILES string of the molecule is CC(CN)CC(=O)Nc1cccc(N(C)C)c1. The van der Waals surface area contributed by atoms with Gasteiger partial charge in [0.05, 0.1) is 0 Å². The Morgan fingerprint density at radius 2 is 2.18 bits per heavy atom. The van der Waals surface area contributed by atoms with Crippen LogP contribution in [0.2, 0.25) is 0 Å². The van der Waals surface area contributed by atoms with Gasteiger partial charge >= 0.3 is 0 Å². The van der Waals surface area contributed by atoms with E-state index in [0.29, 0.717) is 13.0 Å². The number of benzene rings is 1. The summed E-state index contributed by atoms with van der Waals surface area (Å²) in [5, 5.41) is 2.88. The molecule has 1 rings (SSSR count). The van der Waals surface area contributed by atoms with E-state index in [1.54, 1.807) is 0 Å². The van der Waals surface area contributed by atoms with Crippen LogP contribution in [0.5, 0.6) is 0 Å². The van der Waals surface area contributed by atoms with Gasteiger partial charge < -0.3 is 16.0 Å². The quantitative estimate of drug-likeness (QED) is 0.816. The molecule has 0 fully saturated rings. The molecule has 1 atom stereocenters. The summed E-state index contributed by atoms with van der Waals surface area (Å²) in [4.78, 5) is 13.7. The van der Waals surface area contributed by atoms with Crippen LogP contribution in [-0.4, -0.2) is 26.5 Å². The highest BCUT2D eigenvalue weighted by molar-refractivity contribution is 5.91. The van der Waals surface area contributed by atoms with Gasteiger partial charge in [-0.2, -0.15) is 0 Å². The molecule has 0 saturated heterocycles. The lowest BCUT2D eigenvalue weighted by molar-refractivity contribution is -0.116. The maximum atomic E-state index is 11.7. The first-order chi connectivity index (χ1) is 8.02. The van der Waals surface area contributed by atoms with Gasteiger partial charge in [-0.15, -0.1) is 0 Å². The lowest BCUT2D eigenvalue weighted by atomic mass is 10.1. The van der Waals surface area contributed by atoms with Crippen molar-refractivity contribution in [3.63, 3.8) is 0 Å². The molecule has 3 N–H and O–H groups in total. The van der Waals surface area contributed by atoms with Gasteiger partial charge in [-0.05, 0) is 30.7 Å². The second-order valence-electron chi connectivity index (χ2n) is 4.54. The Kier molecular flexibility index (Phi) is 4.97. The molecule has 4 heteroatoms. The Morgan fingerprint density at radius 1 is 1.47 bits per heavy atom. The Labute approximate surface area is 103 Å². The molecule has 0 aromatic heterocycles. The summed E-state index contributed by atoms with van der Waals surface area (Å²) in [6, 6.07) is 7.76. The lowest BCUT2D eigenvalue weighted by Crippen LogP contribution is -2.20. The number of hydrogen-bond acceptors (Lipinski definition) is 3. The van der Waals surface area contributed by atoms with Crippen molar-refractivity contribution in [1.82, 2.24) is 0 Å². The Morgan fingerprint density at radius 3 is 2.76 bits per heavy atom. The summed E-state index contributed by atoms with van der Waals surface area (Å²) in [5.41, 5.74) is 7.38. The summed E-state index contributed by atoms with van der Waals surface area (Å²) >= 11 is 0. The third-order valence-corrected chi connectivity index (χ3v) is 2.58. The van der Waals surface area contributed by atoms with Crippen LogP contribution >= 0.6 is 0 Å². The van der Waals surface area contributed by atoms with E-state index in [-0.39, 0.29) is 11.8 Å². The van der Waals surface area contributed by atoms with Crippen LogP contribution < -0.4 is 16.0 Å². The first kappa shape index (κ1) is 13.5. The van der Waals surface area contributed by atoms with Crippen molar-refractivity contribution < 1.29 is 4.79 Å². The number of hydrogen-bond donors (Lipinski definition) is 2. The van der Waals surface area contributed by atoms with Crippen molar-refractivity contribution >= 4 is 17.3 Å². The first-order valence-electron chi connectivity index (χ1n) is 5.80. The van der Waals surface area contributed by atoms with Gasteiger partial charge in [0.1, 0.15) is 0 Å². The topological polar surface area (TPSA) is 58.4 Å². The van der Waals surface area contributed by atoms with Gasteiger partial charge in [0, 0.05) is 31.9 Å². The van der Waals surface area contributed by atoms with Crippen LogP contribution in [0.15, 0.2) is 24.3 Å². The zero-order chi connectivity index (χ0) is 12.8. The zero-order valence-corrected chi connectivity index (χ0v) is 10.7. The number of carbonyl (C=O) groups excluding carboxylic acids is 1. The van der Waals surface area contributed by atoms with Crippen LogP contribution in [0.4, 0.5) is 11.4 Å². The normalized spacial score (nSPS) is 12.0. The van der Waals surface area contributed by atoms with E-state index in [4.69, 9.17) is 5.73 Å². The van der Waals surface area contributed by atoms with E-state index in [9.17, 15) is 4.79 Å². The Balaban J connectivity index is 2.62. The fourth-order valence-corrected chi connectivity index (χ4v) is 1.47. The molecule has 0 saturated carbocycles. The van der Waals surface area contributed by atoms with Gasteiger partial charge in [-0.3, -0.25) is 4.79 Å². The van der Waals surface area contributed by atoms with E-state index in [2.05, 4.69) is 5.32 Å². The van der Waals surface area contributed by atoms with E-state index < -0.39 is 0 Å². The molecule has 0 radical (unpaired) electrons. The van der Waals surface area contributed by atoms with Gasteiger partial charge in [-0.25, -0.2) is 0 Å². The molecular formula is C13H21N3O. The highest BCUT2D eigenvalue weighted by Crippen LogP contribution is 2.17. The minimum Gasteiger partial charge on any atom is -0.378 e. The zero-order valence-electron chi connectivity index (χ0n) is 10.7. The largest absolute Gasteiger partial charge is 0.378 e. The molecule has 17 heavy (non-hydrogen) atoms. The molecular weight excluding hydrogens is 214 g/mol. The van der Waals surface area contributed by atoms with Crippen molar-refractivity contribution in [2.24, 2.45) is 11.7 Å². The van der Waals surface area contributed by atoms with Gasteiger partial charge in [-0.1, -0.05) is 13.0 Å². The minimum absolute atomic E-state index is 0.0128. The molecule has 4 nitrogen and oxygen atoms in total. The Hall–Kier alpha value is -1.55. The molecule has 1 aromatic rings. The summed E-state index contributed by atoms with van der Waals surface area (Å²) in [6.07, 6.45) is 0.461. The number of anilines is 2. The third kappa shape index (κ3) is 4.44. The summed E-state index contributed by atoms with van der Waals surface area (Å²) in [7, 11) is 3.94. The minimum atomic E-state index is 0.0128. The van der Waals surface area contributed by atoms with E-state index in [0.717, 1.165) is 11.4 Å². The van der Waals surface area contributed by atoms with E-state index in [1.165, 1.54) is 0 Å². The third-order valence-electron chi connectivity index (χ3n) is 2.58. The highest BCUT2D eigenvalue weighted by atomic mass is 16.1. The number of amides is 1. The average molecular weight is 235 g/mol. The predicted octanol–water partition coefficient (Wildman–Crippen LogP) is 1.68.